The Morgan fingerprint density at radius 3 is 2.56 bits per heavy atom. The normalized spacial score (nSPS) is 20.7. The number of hydrogen-bond donors (Lipinski definition) is 1. The lowest BCUT2D eigenvalue weighted by molar-refractivity contribution is -0.138. The maximum absolute atomic E-state index is 13.1. The van der Waals surface area contributed by atoms with Crippen LogP contribution in [0.2, 0.25) is 0 Å². The van der Waals surface area contributed by atoms with Crippen LogP contribution in [0.15, 0.2) is 12.1 Å². The van der Waals surface area contributed by atoms with E-state index in [1.54, 1.807) is 0 Å². The van der Waals surface area contributed by atoms with Crippen molar-refractivity contribution in [3.8, 4) is 0 Å². The number of halogens is 4. The first kappa shape index (κ1) is 11.4. The van der Waals surface area contributed by atoms with Crippen LogP contribution in [0.25, 0.3) is 0 Å². The third kappa shape index (κ3) is 1.91. The van der Waals surface area contributed by atoms with Crippen molar-refractivity contribution in [1.82, 2.24) is 0 Å². The molecule has 1 aliphatic carbocycles. The molecule has 0 bridgehead atoms. The molecule has 0 radical (unpaired) electrons. The molecule has 0 aromatic heterocycles. The standard InChI is InChI=1S/C11H11F4N/c12-6-4-8-7(2-1-3-10(8)16)9(5-6)11(13,14)15/h4-5,10H,1-3,16H2/t10-/m1/s1. The van der Waals surface area contributed by atoms with Gasteiger partial charge >= 0.3 is 6.18 Å². The predicted octanol–water partition coefficient (Wildman–Crippen LogP) is 3.18. The molecule has 0 saturated heterocycles. The van der Waals surface area contributed by atoms with Gasteiger partial charge in [-0.3, -0.25) is 0 Å². The highest BCUT2D eigenvalue weighted by Gasteiger charge is 2.36. The van der Waals surface area contributed by atoms with Gasteiger partial charge in [0.25, 0.3) is 0 Å². The highest BCUT2D eigenvalue weighted by Crippen LogP contribution is 2.39. The summed E-state index contributed by atoms with van der Waals surface area (Å²) in [6.07, 6.45) is -2.97. The monoisotopic (exact) mass is 233 g/mol. The zero-order chi connectivity index (χ0) is 11.9. The molecule has 2 rings (SSSR count). The molecule has 0 unspecified atom stereocenters. The summed E-state index contributed by atoms with van der Waals surface area (Å²) >= 11 is 0. The first-order chi connectivity index (χ1) is 7.39. The fourth-order valence-electron chi connectivity index (χ4n) is 2.17. The van der Waals surface area contributed by atoms with Crippen molar-refractivity contribution in [3.05, 3.63) is 34.6 Å². The Morgan fingerprint density at radius 2 is 1.94 bits per heavy atom. The maximum Gasteiger partial charge on any atom is 0.416 e. The molecule has 0 heterocycles. The third-order valence-electron chi connectivity index (χ3n) is 2.90. The third-order valence-corrected chi connectivity index (χ3v) is 2.90. The molecule has 2 N–H and O–H groups in total. The van der Waals surface area contributed by atoms with Gasteiger partial charge in [0, 0.05) is 6.04 Å². The molecule has 0 saturated carbocycles. The number of hydrogen-bond acceptors (Lipinski definition) is 1. The lowest BCUT2D eigenvalue weighted by atomic mass is 9.85. The molecule has 0 spiro atoms. The lowest BCUT2D eigenvalue weighted by Crippen LogP contribution is -2.22. The molecule has 0 amide bonds. The number of alkyl halides is 3. The average molecular weight is 233 g/mol. The van der Waals surface area contributed by atoms with E-state index in [0.29, 0.717) is 30.9 Å². The highest BCUT2D eigenvalue weighted by molar-refractivity contribution is 5.41. The Morgan fingerprint density at radius 1 is 1.25 bits per heavy atom. The summed E-state index contributed by atoms with van der Waals surface area (Å²) < 4.78 is 51.1. The van der Waals surface area contributed by atoms with Crippen LogP contribution in [0.5, 0.6) is 0 Å². The van der Waals surface area contributed by atoms with Crippen LogP contribution in [0.3, 0.4) is 0 Å². The van der Waals surface area contributed by atoms with Crippen LogP contribution in [0.1, 0.15) is 35.6 Å². The van der Waals surface area contributed by atoms with E-state index in [9.17, 15) is 17.6 Å². The van der Waals surface area contributed by atoms with Crippen molar-refractivity contribution in [2.45, 2.75) is 31.5 Å². The first-order valence-electron chi connectivity index (χ1n) is 5.04. The van der Waals surface area contributed by atoms with Gasteiger partial charge < -0.3 is 5.73 Å². The molecule has 5 heteroatoms. The van der Waals surface area contributed by atoms with E-state index in [1.165, 1.54) is 0 Å². The number of nitrogens with two attached hydrogens (primary N) is 1. The number of fused-ring (bicyclic) bond motifs is 1. The van der Waals surface area contributed by atoms with E-state index in [1.807, 2.05) is 0 Å². The molecule has 1 aromatic carbocycles. The summed E-state index contributed by atoms with van der Waals surface area (Å²) in [5, 5.41) is 0. The average Bonchev–Trinajstić information content (AvgIpc) is 2.17. The summed E-state index contributed by atoms with van der Waals surface area (Å²) in [4.78, 5) is 0. The van der Waals surface area contributed by atoms with Gasteiger partial charge in [0.1, 0.15) is 5.82 Å². The minimum Gasteiger partial charge on any atom is -0.324 e. The van der Waals surface area contributed by atoms with Gasteiger partial charge in [0.15, 0.2) is 0 Å². The number of benzene rings is 1. The van der Waals surface area contributed by atoms with Crippen molar-refractivity contribution < 1.29 is 17.6 Å². The Labute approximate surface area is 90.3 Å². The fourth-order valence-corrected chi connectivity index (χ4v) is 2.17. The van der Waals surface area contributed by atoms with Crippen molar-refractivity contribution in [1.29, 1.82) is 0 Å². The molecule has 1 aromatic rings. The second-order valence-corrected chi connectivity index (χ2v) is 4.02. The maximum atomic E-state index is 13.1. The predicted molar refractivity (Wildman–Crippen MR) is 51.3 cm³/mol. The van der Waals surface area contributed by atoms with Crippen molar-refractivity contribution >= 4 is 0 Å². The summed E-state index contributed by atoms with van der Waals surface area (Å²) in [5.74, 6) is -0.872. The van der Waals surface area contributed by atoms with Crippen LogP contribution >= 0.6 is 0 Å². The SMILES string of the molecule is N[C@@H]1CCCc2c1cc(F)cc2C(F)(F)F. The molecule has 1 nitrogen and oxygen atoms in total. The molecule has 16 heavy (non-hydrogen) atoms. The summed E-state index contributed by atoms with van der Waals surface area (Å²) in [7, 11) is 0. The molecule has 1 aliphatic rings. The summed E-state index contributed by atoms with van der Waals surface area (Å²) in [6.45, 7) is 0. The van der Waals surface area contributed by atoms with Gasteiger partial charge in [-0.15, -0.1) is 0 Å². The van der Waals surface area contributed by atoms with E-state index in [2.05, 4.69) is 0 Å². The molecule has 0 fully saturated rings. The van der Waals surface area contributed by atoms with Crippen LogP contribution in [-0.4, -0.2) is 0 Å². The van der Waals surface area contributed by atoms with Gasteiger partial charge in [-0.1, -0.05) is 0 Å². The van der Waals surface area contributed by atoms with Crippen LogP contribution in [-0.2, 0) is 12.6 Å². The van der Waals surface area contributed by atoms with E-state index in [4.69, 9.17) is 5.73 Å². The van der Waals surface area contributed by atoms with Gasteiger partial charge in [0.05, 0.1) is 5.56 Å². The van der Waals surface area contributed by atoms with Crippen molar-refractivity contribution in [2.75, 3.05) is 0 Å². The Balaban J connectivity index is 2.62. The second kappa shape index (κ2) is 3.73. The van der Waals surface area contributed by atoms with E-state index >= 15 is 0 Å². The fraction of sp³-hybridized carbons (Fsp3) is 0.455. The zero-order valence-corrected chi connectivity index (χ0v) is 8.44. The highest BCUT2D eigenvalue weighted by atomic mass is 19.4. The second-order valence-electron chi connectivity index (χ2n) is 4.02. The minimum absolute atomic E-state index is 0.160. The molecule has 0 aliphatic heterocycles. The minimum atomic E-state index is -4.51. The zero-order valence-electron chi connectivity index (χ0n) is 8.44. The smallest absolute Gasteiger partial charge is 0.324 e. The summed E-state index contributed by atoms with van der Waals surface area (Å²) in [5.41, 5.74) is 5.28. The Bertz CT molecular complexity index is 411. The van der Waals surface area contributed by atoms with Crippen LogP contribution in [0.4, 0.5) is 17.6 Å². The van der Waals surface area contributed by atoms with Gasteiger partial charge in [-0.05, 0) is 42.5 Å². The van der Waals surface area contributed by atoms with Gasteiger partial charge in [-0.2, -0.15) is 13.2 Å². The first-order valence-corrected chi connectivity index (χ1v) is 5.04. The number of rotatable bonds is 0. The largest absolute Gasteiger partial charge is 0.416 e. The lowest BCUT2D eigenvalue weighted by Gasteiger charge is -2.25. The molecular formula is C11H11F4N. The van der Waals surface area contributed by atoms with E-state index in [-0.39, 0.29) is 5.56 Å². The van der Waals surface area contributed by atoms with Gasteiger partial charge in [-0.25, -0.2) is 4.39 Å². The Hall–Kier alpha value is -1.10. The van der Waals surface area contributed by atoms with Gasteiger partial charge in [0.2, 0.25) is 0 Å². The van der Waals surface area contributed by atoms with Crippen LogP contribution < -0.4 is 5.73 Å². The van der Waals surface area contributed by atoms with Crippen LogP contribution in [0, 0.1) is 5.82 Å². The summed E-state index contributed by atoms with van der Waals surface area (Å²) in [6, 6.07) is 1.19. The molecular weight excluding hydrogens is 222 g/mol. The quantitative estimate of drug-likeness (QED) is 0.684. The van der Waals surface area contributed by atoms with E-state index < -0.39 is 23.6 Å². The van der Waals surface area contributed by atoms with E-state index in [0.717, 1.165) is 6.07 Å². The molecule has 1 atom stereocenters. The van der Waals surface area contributed by atoms with Crippen molar-refractivity contribution in [3.63, 3.8) is 0 Å². The van der Waals surface area contributed by atoms with Crippen molar-refractivity contribution in [2.24, 2.45) is 5.73 Å². The Kier molecular flexibility index (Phi) is 2.66. The molecule has 88 valence electrons. The topological polar surface area (TPSA) is 26.0 Å².